The van der Waals surface area contributed by atoms with Crippen molar-refractivity contribution < 1.29 is 9.26 Å². The zero-order valence-electron chi connectivity index (χ0n) is 9.74. The van der Waals surface area contributed by atoms with E-state index in [1.165, 1.54) is 12.8 Å². The lowest BCUT2D eigenvalue weighted by molar-refractivity contribution is 0.199. The highest BCUT2D eigenvalue weighted by Gasteiger charge is 2.39. The normalized spacial score (nSPS) is 19.1. The van der Waals surface area contributed by atoms with Gasteiger partial charge in [-0.3, -0.25) is 0 Å². The first-order chi connectivity index (χ1) is 7.80. The molecule has 0 unspecified atom stereocenters. The number of rotatable bonds is 5. The molecule has 1 aliphatic carbocycles. The van der Waals surface area contributed by atoms with Crippen molar-refractivity contribution in [1.29, 1.82) is 0 Å². The molecule has 1 aromatic heterocycles. The van der Waals surface area contributed by atoms with E-state index in [-0.39, 0.29) is 5.41 Å². The van der Waals surface area contributed by atoms with Crippen molar-refractivity contribution in [3.63, 3.8) is 0 Å². The molecule has 0 amide bonds. The van der Waals surface area contributed by atoms with E-state index in [0.717, 1.165) is 24.6 Å². The summed E-state index contributed by atoms with van der Waals surface area (Å²) in [6.45, 7) is 1.22. The second kappa shape index (κ2) is 4.93. The van der Waals surface area contributed by atoms with Gasteiger partial charge >= 0.3 is 0 Å². The molecule has 0 saturated heterocycles. The third kappa shape index (κ3) is 2.10. The number of nitrogens with two attached hydrogens (primary N) is 1. The fourth-order valence-electron chi connectivity index (χ4n) is 2.32. The molecule has 0 radical (unpaired) electrons. The van der Waals surface area contributed by atoms with Gasteiger partial charge in [0.05, 0.1) is 12.0 Å². The number of nitrogens with zero attached hydrogens (tertiary/aromatic N) is 2. The van der Waals surface area contributed by atoms with E-state index >= 15 is 0 Å². The molecular formula is C11H19N3O2. The van der Waals surface area contributed by atoms with Gasteiger partial charge in [0.1, 0.15) is 0 Å². The first-order valence-corrected chi connectivity index (χ1v) is 5.83. The molecule has 2 rings (SSSR count). The number of ether oxygens (including phenoxy) is 1. The van der Waals surface area contributed by atoms with Gasteiger partial charge < -0.3 is 15.0 Å². The van der Waals surface area contributed by atoms with Crippen LogP contribution in [0.4, 0.5) is 0 Å². The molecule has 1 aliphatic rings. The maximum Gasteiger partial charge on any atom is 0.234 e. The summed E-state index contributed by atoms with van der Waals surface area (Å²) in [6.07, 6.45) is 5.23. The van der Waals surface area contributed by atoms with Gasteiger partial charge in [0.2, 0.25) is 5.89 Å². The maximum absolute atomic E-state index is 5.86. The molecule has 0 spiro atoms. The summed E-state index contributed by atoms with van der Waals surface area (Å²) in [5.41, 5.74) is 5.80. The van der Waals surface area contributed by atoms with Crippen LogP contribution in [-0.2, 0) is 16.6 Å². The predicted molar refractivity (Wildman–Crippen MR) is 59.1 cm³/mol. The van der Waals surface area contributed by atoms with Gasteiger partial charge in [-0.05, 0) is 12.8 Å². The smallest absolute Gasteiger partial charge is 0.234 e. The van der Waals surface area contributed by atoms with Gasteiger partial charge in [-0.2, -0.15) is 4.98 Å². The van der Waals surface area contributed by atoms with E-state index in [4.69, 9.17) is 15.0 Å². The largest absolute Gasteiger partial charge is 0.384 e. The Bertz CT molecular complexity index is 332. The Morgan fingerprint density at radius 3 is 2.81 bits per heavy atom. The lowest BCUT2D eigenvalue weighted by Gasteiger charge is -2.21. The predicted octanol–water partition coefficient (Wildman–Crippen LogP) is 1.03. The highest BCUT2D eigenvalue weighted by Crippen LogP contribution is 2.39. The number of aromatic nitrogens is 2. The van der Waals surface area contributed by atoms with Crippen LogP contribution >= 0.6 is 0 Å². The average molecular weight is 225 g/mol. The molecule has 1 aromatic rings. The monoisotopic (exact) mass is 225 g/mol. The topological polar surface area (TPSA) is 74.2 Å². The summed E-state index contributed by atoms with van der Waals surface area (Å²) < 4.78 is 10.3. The summed E-state index contributed by atoms with van der Waals surface area (Å²) in [7, 11) is 1.67. The SMILES string of the molecule is COCCc1noc(C2(CN)CCCC2)n1. The molecule has 0 aromatic carbocycles. The van der Waals surface area contributed by atoms with Gasteiger partial charge in [-0.15, -0.1) is 0 Å². The minimum Gasteiger partial charge on any atom is -0.384 e. The van der Waals surface area contributed by atoms with Crippen molar-refractivity contribution in [2.45, 2.75) is 37.5 Å². The second-order valence-corrected chi connectivity index (χ2v) is 4.45. The van der Waals surface area contributed by atoms with Crippen molar-refractivity contribution >= 4 is 0 Å². The molecule has 1 saturated carbocycles. The van der Waals surface area contributed by atoms with E-state index in [1.54, 1.807) is 7.11 Å². The molecule has 1 fully saturated rings. The summed E-state index contributed by atoms with van der Waals surface area (Å²) in [6, 6.07) is 0. The number of hydrogen-bond acceptors (Lipinski definition) is 5. The fraction of sp³-hybridized carbons (Fsp3) is 0.818. The standard InChI is InChI=1S/C11H19N3O2/c1-15-7-4-9-13-10(16-14-9)11(8-12)5-2-3-6-11/h2-8,12H2,1H3. The molecule has 0 aliphatic heterocycles. The number of hydrogen-bond donors (Lipinski definition) is 1. The van der Waals surface area contributed by atoms with E-state index < -0.39 is 0 Å². The molecular weight excluding hydrogens is 206 g/mol. The van der Waals surface area contributed by atoms with Crippen molar-refractivity contribution in [2.24, 2.45) is 5.73 Å². The second-order valence-electron chi connectivity index (χ2n) is 4.45. The quantitative estimate of drug-likeness (QED) is 0.810. The van der Waals surface area contributed by atoms with E-state index in [9.17, 15) is 0 Å². The van der Waals surface area contributed by atoms with Gasteiger partial charge in [0, 0.05) is 20.1 Å². The molecule has 0 atom stereocenters. The van der Waals surface area contributed by atoms with Gasteiger partial charge in [0.25, 0.3) is 0 Å². The minimum atomic E-state index is -0.0572. The van der Waals surface area contributed by atoms with Crippen molar-refractivity contribution in [3.05, 3.63) is 11.7 Å². The van der Waals surface area contributed by atoms with Crippen LogP contribution in [0.1, 0.15) is 37.4 Å². The molecule has 90 valence electrons. The molecule has 0 bridgehead atoms. The van der Waals surface area contributed by atoms with Crippen LogP contribution in [0.25, 0.3) is 0 Å². The highest BCUT2D eigenvalue weighted by molar-refractivity contribution is 5.09. The zero-order valence-corrected chi connectivity index (χ0v) is 9.74. The Morgan fingerprint density at radius 2 is 2.19 bits per heavy atom. The van der Waals surface area contributed by atoms with E-state index in [2.05, 4.69) is 10.1 Å². The maximum atomic E-state index is 5.86. The highest BCUT2D eigenvalue weighted by atomic mass is 16.5. The molecule has 1 heterocycles. The molecule has 5 heteroatoms. The van der Waals surface area contributed by atoms with Crippen LogP contribution in [0.2, 0.25) is 0 Å². The molecule has 16 heavy (non-hydrogen) atoms. The Hall–Kier alpha value is -0.940. The summed E-state index contributed by atoms with van der Waals surface area (Å²) in [4.78, 5) is 4.43. The van der Waals surface area contributed by atoms with Crippen molar-refractivity contribution in [1.82, 2.24) is 10.1 Å². The van der Waals surface area contributed by atoms with Gasteiger partial charge in [-0.1, -0.05) is 18.0 Å². The van der Waals surface area contributed by atoms with Crippen LogP contribution < -0.4 is 5.73 Å². The van der Waals surface area contributed by atoms with Crippen LogP contribution in [-0.4, -0.2) is 30.4 Å². The Morgan fingerprint density at radius 1 is 1.44 bits per heavy atom. The minimum absolute atomic E-state index is 0.0572. The third-order valence-corrected chi connectivity index (χ3v) is 3.40. The fourth-order valence-corrected chi connectivity index (χ4v) is 2.32. The summed E-state index contributed by atoms with van der Waals surface area (Å²) in [5, 5.41) is 3.97. The lowest BCUT2D eigenvalue weighted by atomic mass is 9.86. The summed E-state index contributed by atoms with van der Waals surface area (Å²) in [5.74, 6) is 1.44. The lowest BCUT2D eigenvalue weighted by Crippen LogP contribution is -2.32. The first kappa shape index (κ1) is 11.5. The average Bonchev–Trinajstić information content (AvgIpc) is 2.95. The van der Waals surface area contributed by atoms with E-state index in [1.807, 2.05) is 0 Å². The van der Waals surface area contributed by atoms with Crippen LogP contribution in [0.5, 0.6) is 0 Å². The molecule has 2 N–H and O–H groups in total. The zero-order chi connectivity index (χ0) is 11.4. The molecule has 5 nitrogen and oxygen atoms in total. The Labute approximate surface area is 95.3 Å². The third-order valence-electron chi connectivity index (χ3n) is 3.40. The Kier molecular flexibility index (Phi) is 3.56. The first-order valence-electron chi connectivity index (χ1n) is 5.83. The van der Waals surface area contributed by atoms with Crippen LogP contribution in [0.3, 0.4) is 0 Å². The summed E-state index contributed by atoms with van der Waals surface area (Å²) >= 11 is 0. The van der Waals surface area contributed by atoms with Crippen LogP contribution in [0.15, 0.2) is 4.52 Å². The van der Waals surface area contributed by atoms with Crippen LogP contribution in [0, 0.1) is 0 Å². The number of methoxy groups -OCH3 is 1. The van der Waals surface area contributed by atoms with Crippen molar-refractivity contribution in [3.8, 4) is 0 Å². The van der Waals surface area contributed by atoms with Gasteiger partial charge in [-0.25, -0.2) is 0 Å². The Balaban J connectivity index is 2.10. The van der Waals surface area contributed by atoms with Gasteiger partial charge in [0.15, 0.2) is 5.82 Å². The van der Waals surface area contributed by atoms with E-state index in [0.29, 0.717) is 19.6 Å². The van der Waals surface area contributed by atoms with Crippen molar-refractivity contribution in [2.75, 3.05) is 20.3 Å².